The number of hydrogen-bond donors (Lipinski definition) is 0. The zero-order valence-corrected chi connectivity index (χ0v) is 14.4. The van der Waals surface area contributed by atoms with Crippen LogP contribution in [0, 0.1) is 22.7 Å². The molecule has 2 rings (SSSR count). The molecule has 7 nitrogen and oxygen atoms in total. The van der Waals surface area contributed by atoms with Gasteiger partial charge in [-0.2, -0.15) is 10.5 Å². The average molecular weight is 346 g/mol. The van der Waals surface area contributed by atoms with Crippen molar-refractivity contribution in [3.63, 3.8) is 0 Å². The van der Waals surface area contributed by atoms with E-state index in [1.807, 2.05) is 0 Å². The summed E-state index contributed by atoms with van der Waals surface area (Å²) in [6.07, 6.45) is 0. The summed E-state index contributed by atoms with van der Waals surface area (Å²) in [4.78, 5) is 6.67. The number of thioether (sulfide) groups is 1. The highest BCUT2D eigenvalue weighted by atomic mass is 32.2. The number of methoxy groups -OCH3 is 2. The van der Waals surface area contributed by atoms with Crippen LogP contribution in [0.15, 0.2) is 17.1 Å². The van der Waals surface area contributed by atoms with E-state index in [-0.39, 0.29) is 5.75 Å². The Bertz CT molecular complexity index is 688. The van der Waals surface area contributed by atoms with Crippen molar-refractivity contribution in [1.82, 2.24) is 4.90 Å². The SMILES string of the molecule is COc1cc(C#N)c(N=C(SCC#N)N2CCOCC2)cc1OC. The van der Waals surface area contributed by atoms with E-state index in [2.05, 4.69) is 22.0 Å². The van der Waals surface area contributed by atoms with Crippen LogP contribution in [0.3, 0.4) is 0 Å². The summed E-state index contributed by atoms with van der Waals surface area (Å²) in [7, 11) is 3.05. The standard InChI is InChI=1S/C16H18N4O3S/c1-21-14-9-12(11-18)13(10-15(14)22-2)19-16(24-8-3-17)20-4-6-23-7-5-20/h9-10H,4-8H2,1-2H3. The van der Waals surface area contributed by atoms with E-state index < -0.39 is 0 Å². The lowest BCUT2D eigenvalue weighted by Gasteiger charge is -2.29. The van der Waals surface area contributed by atoms with Crippen LogP contribution in [0.5, 0.6) is 11.5 Å². The second-order valence-corrected chi connectivity index (χ2v) is 5.72. The first-order valence-electron chi connectivity index (χ1n) is 7.30. The molecule has 0 spiro atoms. The molecule has 0 atom stereocenters. The second-order valence-electron chi connectivity index (χ2n) is 4.78. The predicted octanol–water partition coefficient (Wildman–Crippen LogP) is 2.15. The number of aliphatic imine (C=N–C) groups is 1. The molecular weight excluding hydrogens is 328 g/mol. The molecular formula is C16H18N4O3S. The molecule has 0 bridgehead atoms. The molecule has 1 heterocycles. The van der Waals surface area contributed by atoms with Crippen LogP contribution in [0.4, 0.5) is 5.69 Å². The molecule has 0 radical (unpaired) electrons. The summed E-state index contributed by atoms with van der Waals surface area (Å²) in [5.74, 6) is 1.26. The van der Waals surface area contributed by atoms with Gasteiger partial charge < -0.3 is 19.1 Å². The van der Waals surface area contributed by atoms with E-state index in [1.54, 1.807) is 12.1 Å². The largest absolute Gasteiger partial charge is 0.493 e. The predicted molar refractivity (Wildman–Crippen MR) is 91.8 cm³/mol. The van der Waals surface area contributed by atoms with Crippen LogP contribution >= 0.6 is 11.8 Å². The van der Waals surface area contributed by atoms with E-state index in [0.29, 0.717) is 54.2 Å². The number of benzene rings is 1. The smallest absolute Gasteiger partial charge is 0.165 e. The Hall–Kier alpha value is -2.42. The minimum atomic E-state index is 0.283. The number of amidine groups is 1. The van der Waals surface area contributed by atoms with Gasteiger partial charge in [-0.05, 0) is 0 Å². The van der Waals surface area contributed by atoms with Crippen molar-refractivity contribution in [2.75, 3.05) is 46.3 Å². The molecule has 1 fully saturated rings. The van der Waals surface area contributed by atoms with E-state index in [4.69, 9.17) is 19.5 Å². The number of ether oxygens (including phenoxy) is 3. The molecule has 1 aromatic rings. The Morgan fingerprint density at radius 2 is 1.92 bits per heavy atom. The lowest BCUT2D eigenvalue weighted by atomic mass is 10.1. The number of nitrogens with zero attached hydrogens (tertiary/aromatic N) is 4. The Kier molecular flexibility index (Phi) is 6.74. The Morgan fingerprint density at radius 3 is 2.50 bits per heavy atom. The van der Waals surface area contributed by atoms with Gasteiger partial charge in [0.1, 0.15) is 6.07 Å². The number of hydrogen-bond acceptors (Lipinski definition) is 7. The van der Waals surface area contributed by atoms with E-state index in [9.17, 15) is 5.26 Å². The number of rotatable bonds is 4. The average Bonchev–Trinajstić information content (AvgIpc) is 2.65. The molecule has 0 unspecified atom stereocenters. The molecule has 126 valence electrons. The molecule has 0 N–H and O–H groups in total. The van der Waals surface area contributed by atoms with Crippen molar-refractivity contribution >= 4 is 22.6 Å². The molecule has 1 saturated heterocycles. The topological polar surface area (TPSA) is 90.9 Å². The van der Waals surface area contributed by atoms with Gasteiger partial charge >= 0.3 is 0 Å². The fourth-order valence-electron chi connectivity index (χ4n) is 2.20. The van der Waals surface area contributed by atoms with Crippen LogP contribution in [-0.4, -0.2) is 56.3 Å². The third-order valence-corrected chi connectivity index (χ3v) is 4.27. The third-order valence-electron chi connectivity index (χ3n) is 3.39. The molecule has 1 aliphatic heterocycles. The molecule has 0 saturated carbocycles. The van der Waals surface area contributed by atoms with Crippen molar-refractivity contribution in [3.05, 3.63) is 17.7 Å². The van der Waals surface area contributed by atoms with Gasteiger partial charge in [-0.3, -0.25) is 0 Å². The molecule has 1 aromatic carbocycles. The number of nitriles is 2. The molecule has 24 heavy (non-hydrogen) atoms. The van der Waals surface area contributed by atoms with Crippen molar-refractivity contribution in [2.24, 2.45) is 4.99 Å². The minimum Gasteiger partial charge on any atom is -0.493 e. The molecule has 0 aliphatic carbocycles. The van der Waals surface area contributed by atoms with Crippen LogP contribution in [0.2, 0.25) is 0 Å². The summed E-state index contributed by atoms with van der Waals surface area (Å²) in [5, 5.41) is 19.0. The van der Waals surface area contributed by atoms with Crippen molar-refractivity contribution < 1.29 is 14.2 Å². The van der Waals surface area contributed by atoms with E-state index in [1.165, 1.54) is 26.0 Å². The summed E-state index contributed by atoms with van der Waals surface area (Å²) in [5.41, 5.74) is 0.873. The Morgan fingerprint density at radius 1 is 1.25 bits per heavy atom. The van der Waals surface area contributed by atoms with Crippen molar-refractivity contribution in [1.29, 1.82) is 10.5 Å². The van der Waals surface area contributed by atoms with Gasteiger partial charge in [-0.25, -0.2) is 4.99 Å². The highest BCUT2D eigenvalue weighted by Crippen LogP contribution is 2.35. The Balaban J connectivity index is 2.43. The fourth-order valence-corrected chi connectivity index (χ4v) is 2.92. The van der Waals surface area contributed by atoms with Crippen molar-refractivity contribution in [3.8, 4) is 23.6 Å². The maximum Gasteiger partial charge on any atom is 0.165 e. The maximum absolute atomic E-state index is 9.39. The van der Waals surface area contributed by atoms with Crippen molar-refractivity contribution in [2.45, 2.75) is 0 Å². The quantitative estimate of drug-likeness (QED) is 0.609. The van der Waals surface area contributed by atoms with E-state index in [0.717, 1.165) is 0 Å². The first-order valence-corrected chi connectivity index (χ1v) is 8.29. The monoisotopic (exact) mass is 346 g/mol. The van der Waals surface area contributed by atoms with Crippen LogP contribution in [0.1, 0.15) is 5.56 Å². The molecule has 1 aliphatic rings. The minimum absolute atomic E-state index is 0.283. The van der Waals surface area contributed by atoms with Gasteiger partial charge in [0.25, 0.3) is 0 Å². The van der Waals surface area contributed by atoms with E-state index >= 15 is 0 Å². The van der Waals surface area contributed by atoms with Gasteiger partial charge in [-0.1, -0.05) is 11.8 Å². The molecule has 0 amide bonds. The summed E-state index contributed by atoms with van der Waals surface area (Å²) >= 11 is 1.34. The zero-order chi connectivity index (χ0) is 17.4. The number of morpholine rings is 1. The van der Waals surface area contributed by atoms with Gasteiger partial charge in [0.15, 0.2) is 16.7 Å². The lowest BCUT2D eigenvalue weighted by molar-refractivity contribution is 0.0694. The summed E-state index contributed by atoms with van der Waals surface area (Å²) in [6, 6.07) is 7.50. The lowest BCUT2D eigenvalue weighted by Crippen LogP contribution is -2.39. The van der Waals surface area contributed by atoms with Gasteiger partial charge in [0.2, 0.25) is 0 Å². The summed E-state index contributed by atoms with van der Waals surface area (Å²) < 4.78 is 15.9. The van der Waals surface area contributed by atoms with Crippen LogP contribution in [0.25, 0.3) is 0 Å². The highest BCUT2D eigenvalue weighted by molar-refractivity contribution is 8.13. The second kappa shape index (κ2) is 9.02. The first kappa shape index (κ1) is 17.9. The summed E-state index contributed by atoms with van der Waals surface area (Å²) in [6.45, 7) is 2.63. The maximum atomic E-state index is 9.39. The van der Waals surface area contributed by atoms with Gasteiger partial charge in [0.05, 0.1) is 50.5 Å². The third kappa shape index (κ3) is 4.31. The zero-order valence-electron chi connectivity index (χ0n) is 13.6. The molecule has 0 aromatic heterocycles. The van der Waals surface area contributed by atoms with Crippen LogP contribution < -0.4 is 9.47 Å². The normalized spacial score (nSPS) is 14.7. The highest BCUT2D eigenvalue weighted by Gasteiger charge is 2.18. The van der Waals surface area contributed by atoms with Gasteiger partial charge in [0, 0.05) is 25.2 Å². The molecule has 8 heteroatoms. The van der Waals surface area contributed by atoms with Gasteiger partial charge in [-0.15, -0.1) is 0 Å². The van der Waals surface area contributed by atoms with Crippen LogP contribution in [-0.2, 0) is 4.74 Å². The Labute approximate surface area is 145 Å². The first-order chi connectivity index (χ1) is 11.7. The fraction of sp³-hybridized carbons (Fsp3) is 0.438.